The van der Waals surface area contributed by atoms with Crippen LogP contribution >= 0.6 is 0 Å². The van der Waals surface area contributed by atoms with Crippen LogP contribution in [0.4, 0.5) is 0 Å². The number of ether oxygens (including phenoxy) is 1. The number of carbonyl (C=O) groups is 2. The van der Waals surface area contributed by atoms with Gasteiger partial charge in [0, 0.05) is 43.7 Å². The van der Waals surface area contributed by atoms with Crippen molar-refractivity contribution < 1.29 is 14.3 Å². The summed E-state index contributed by atoms with van der Waals surface area (Å²) in [6.45, 7) is 2.99. The molecule has 7 nitrogen and oxygen atoms in total. The Labute approximate surface area is 133 Å². The van der Waals surface area contributed by atoms with Crippen LogP contribution in [0, 0.1) is 0 Å². The molecule has 0 N–H and O–H groups in total. The third kappa shape index (κ3) is 2.81. The first-order valence-electron chi connectivity index (χ1n) is 7.53. The van der Waals surface area contributed by atoms with Gasteiger partial charge in [0.2, 0.25) is 0 Å². The Morgan fingerprint density at radius 2 is 2.22 bits per heavy atom. The van der Waals surface area contributed by atoms with E-state index in [1.165, 1.54) is 0 Å². The van der Waals surface area contributed by atoms with E-state index in [0.717, 1.165) is 11.3 Å². The fourth-order valence-electron chi connectivity index (χ4n) is 2.80. The zero-order chi connectivity index (χ0) is 16.4. The normalized spacial score (nSPS) is 13.6. The SMILES string of the molecule is CCOC(=O)c1nn(C)c2c1CN(C(=O)c1cccnc1)CC2. The second-order valence-electron chi connectivity index (χ2n) is 5.34. The quantitative estimate of drug-likeness (QED) is 0.795. The number of amides is 1. The number of nitrogens with zero attached hydrogens (tertiary/aromatic N) is 4. The van der Waals surface area contributed by atoms with Gasteiger partial charge in [0.1, 0.15) is 0 Å². The van der Waals surface area contributed by atoms with Gasteiger partial charge in [-0.15, -0.1) is 0 Å². The molecule has 0 aliphatic carbocycles. The maximum absolute atomic E-state index is 12.6. The first-order valence-corrected chi connectivity index (χ1v) is 7.53. The molecule has 3 rings (SSSR count). The molecule has 0 saturated heterocycles. The van der Waals surface area contributed by atoms with E-state index in [0.29, 0.717) is 37.4 Å². The predicted molar refractivity (Wildman–Crippen MR) is 81.8 cm³/mol. The molecule has 0 aromatic carbocycles. The van der Waals surface area contributed by atoms with Gasteiger partial charge in [0.25, 0.3) is 5.91 Å². The lowest BCUT2D eigenvalue weighted by Crippen LogP contribution is -2.36. The molecule has 0 fully saturated rings. The first-order chi connectivity index (χ1) is 11.1. The van der Waals surface area contributed by atoms with Crippen LogP contribution in [0.1, 0.15) is 39.0 Å². The molecule has 0 radical (unpaired) electrons. The number of hydrogen-bond acceptors (Lipinski definition) is 5. The Morgan fingerprint density at radius 1 is 1.39 bits per heavy atom. The number of carbonyl (C=O) groups excluding carboxylic acids is 2. The molecule has 1 aliphatic rings. The average Bonchev–Trinajstić information content (AvgIpc) is 2.92. The lowest BCUT2D eigenvalue weighted by Gasteiger charge is -2.27. The molecule has 3 heterocycles. The second-order valence-corrected chi connectivity index (χ2v) is 5.34. The van der Waals surface area contributed by atoms with Crippen molar-refractivity contribution in [2.75, 3.05) is 13.2 Å². The molecule has 0 spiro atoms. The predicted octanol–water partition coefficient (Wildman–Crippen LogP) is 1.19. The van der Waals surface area contributed by atoms with Gasteiger partial charge in [-0.1, -0.05) is 0 Å². The van der Waals surface area contributed by atoms with E-state index < -0.39 is 5.97 Å². The molecule has 1 amide bonds. The van der Waals surface area contributed by atoms with E-state index in [4.69, 9.17) is 4.74 Å². The highest BCUT2D eigenvalue weighted by Crippen LogP contribution is 2.24. The highest BCUT2D eigenvalue weighted by Gasteiger charge is 2.30. The Bertz CT molecular complexity index is 739. The Balaban J connectivity index is 1.88. The maximum atomic E-state index is 12.6. The monoisotopic (exact) mass is 314 g/mol. The Kier molecular flexibility index (Phi) is 4.10. The second kappa shape index (κ2) is 6.20. The summed E-state index contributed by atoms with van der Waals surface area (Å²) in [6.07, 6.45) is 3.84. The van der Waals surface area contributed by atoms with Crippen molar-refractivity contribution in [3.05, 3.63) is 47.0 Å². The lowest BCUT2D eigenvalue weighted by atomic mass is 10.0. The van der Waals surface area contributed by atoms with Gasteiger partial charge in [0.05, 0.1) is 18.7 Å². The maximum Gasteiger partial charge on any atom is 0.359 e. The smallest absolute Gasteiger partial charge is 0.359 e. The molecule has 0 bridgehead atoms. The van der Waals surface area contributed by atoms with Crippen molar-refractivity contribution in [3.8, 4) is 0 Å². The number of fused-ring (bicyclic) bond motifs is 1. The number of pyridine rings is 1. The van der Waals surface area contributed by atoms with Crippen LogP contribution in [0.5, 0.6) is 0 Å². The molecular weight excluding hydrogens is 296 g/mol. The Hall–Kier alpha value is -2.70. The summed E-state index contributed by atoms with van der Waals surface area (Å²) in [4.78, 5) is 30.3. The van der Waals surface area contributed by atoms with Crippen LogP contribution in [0.15, 0.2) is 24.5 Å². The van der Waals surface area contributed by atoms with Crippen molar-refractivity contribution in [3.63, 3.8) is 0 Å². The average molecular weight is 314 g/mol. The van der Waals surface area contributed by atoms with Crippen molar-refractivity contribution in [1.29, 1.82) is 0 Å². The largest absolute Gasteiger partial charge is 0.461 e. The van der Waals surface area contributed by atoms with E-state index in [9.17, 15) is 9.59 Å². The van der Waals surface area contributed by atoms with Gasteiger partial charge in [-0.25, -0.2) is 4.79 Å². The van der Waals surface area contributed by atoms with Gasteiger partial charge in [-0.3, -0.25) is 14.5 Å². The van der Waals surface area contributed by atoms with Crippen LogP contribution in [-0.4, -0.2) is 44.7 Å². The number of esters is 1. The molecule has 23 heavy (non-hydrogen) atoms. The Morgan fingerprint density at radius 3 is 2.91 bits per heavy atom. The minimum Gasteiger partial charge on any atom is -0.461 e. The van der Waals surface area contributed by atoms with Crippen molar-refractivity contribution in [1.82, 2.24) is 19.7 Å². The summed E-state index contributed by atoms with van der Waals surface area (Å²) >= 11 is 0. The standard InChI is InChI=1S/C16H18N4O3/c1-3-23-16(22)14-12-10-20(8-6-13(12)19(2)18-14)15(21)11-5-4-7-17-9-11/h4-5,7,9H,3,6,8,10H2,1-2H3. The zero-order valence-corrected chi connectivity index (χ0v) is 13.2. The van der Waals surface area contributed by atoms with Crippen LogP contribution < -0.4 is 0 Å². The molecular formula is C16H18N4O3. The summed E-state index contributed by atoms with van der Waals surface area (Å²) in [5.74, 6) is -0.539. The molecule has 2 aromatic heterocycles. The van der Waals surface area contributed by atoms with Gasteiger partial charge in [-0.2, -0.15) is 5.10 Å². The highest BCUT2D eigenvalue weighted by atomic mass is 16.5. The number of hydrogen-bond donors (Lipinski definition) is 0. The van der Waals surface area contributed by atoms with Crippen LogP contribution in [-0.2, 0) is 24.8 Å². The number of aromatic nitrogens is 3. The summed E-state index contributed by atoms with van der Waals surface area (Å²) in [7, 11) is 1.81. The number of rotatable bonds is 3. The fraction of sp³-hybridized carbons (Fsp3) is 0.375. The van der Waals surface area contributed by atoms with Crippen LogP contribution in [0.25, 0.3) is 0 Å². The third-order valence-corrected chi connectivity index (χ3v) is 3.91. The zero-order valence-electron chi connectivity index (χ0n) is 13.2. The highest BCUT2D eigenvalue weighted by molar-refractivity contribution is 5.94. The topological polar surface area (TPSA) is 77.3 Å². The van der Waals surface area contributed by atoms with Crippen molar-refractivity contribution in [2.45, 2.75) is 19.9 Å². The molecule has 120 valence electrons. The molecule has 1 aliphatic heterocycles. The minimum absolute atomic E-state index is 0.0950. The van der Waals surface area contributed by atoms with E-state index in [1.54, 1.807) is 48.1 Å². The summed E-state index contributed by atoms with van der Waals surface area (Å²) in [5.41, 5.74) is 2.59. The van der Waals surface area contributed by atoms with Crippen LogP contribution in [0.2, 0.25) is 0 Å². The molecule has 7 heteroatoms. The minimum atomic E-state index is -0.444. The van der Waals surface area contributed by atoms with E-state index in [1.807, 2.05) is 0 Å². The summed E-state index contributed by atoms with van der Waals surface area (Å²) in [5, 5.41) is 4.27. The molecule has 0 unspecified atom stereocenters. The van der Waals surface area contributed by atoms with Crippen LogP contribution in [0.3, 0.4) is 0 Å². The summed E-state index contributed by atoms with van der Waals surface area (Å²) < 4.78 is 6.76. The summed E-state index contributed by atoms with van der Waals surface area (Å²) in [6, 6.07) is 3.47. The van der Waals surface area contributed by atoms with E-state index >= 15 is 0 Å². The van der Waals surface area contributed by atoms with Gasteiger partial charge < -0.3 is 9.64 Å². The van der Waals surface area contributed by atoms with Gasteiger partial charge in [-0.05, 0) is 19.1 Å². The van der Waals surface area contributed by atoms with E-state index in [2.05, 4.69) is 10.1 Å². The molecule has 0 atom stereocenters. The number of aryl methyl sites for hydroxylation is 1. The lowest BCUT2D eigenvalue weighted by molar-refractivity contribution is 0.0513. The van der Waals surface area contributed by atoms with E-state index in [-0.39, 0.29) is 5.91 Å². The molecule has 0 saturated carbocycles. The van der Waals surface area contributed by atoms with Gasteiger partial charge >= 0.3 is 5.97 Å². The molecule has 2 aromatic rings. The van der Waals surface area contributed by atoms with Gasteiger partial charge in [0.15, 0.2) is 5.69 Å². The fourth-order valence-corrected chi connectivity index (χ4v) is 2.80. The van der Waals surface area contributed by atoms with Crippen molar-refractivity contribution in [2.24, 2.45) is 7.05 Å². The first kappa shape index (κ1) is 15.2. The van der Waals surface area contributed by atoms with Crippen molar-refractivity contribution >= 4 is 11.9 Å². The third-order valence-electron chi connectivity index (χ3n) is 3.91.